The van der Waals surface area contributed by atoms with E-state index in [2.05, 4.69) is 41.7 Å². The number of carbonyl (C=O) groups is 1. The highest BCUT2D eigenvalue weighted by atomic mass is 16.5. The summed E-state index contributed by atoms with van der Waals surface area (Å²) in [6.07, 6.45) is 14.6. The molecule has 2 aromatic carbocycles. The predicted octanol–water partition coefficient (Wildman–Crippen LogP) is 5.38. The third kappa shape index (κ3) is 6.02. The molecule has 0 unspecified atom stereocenters. The van der Waals surface area contributed by atoms with Gasteiger partial charge in [-0.1, -0.05) is 68.2 Å². The van der Waals surface area contributed by atoms with Gasteiger partial charge >= 0.3 is 5.97 Å². The summed E-state index contributed by atoms with van der Waals surface area (Å²) in [6.45, 7) is 0.973. The first-order valence-corrected chi connectivity index (χ1v) is 12.8. The van der Waals surface area contributed by atoms with Crippen molar-refractivity contribution in [2.45, 2.75) is 57.8 Å². The Hall–Kier alpha value is -3.34. The third-order valence-electron chi connectivity index (χ3n) is 6.71. The average molecular weight is 473 g/mol. The van der Waals surface area contributed by atoms with Gasteiger partial charge < -0.3 is 14.8 Å². The van der Waals surface area contributed by atoms with Crippen LogP contribution in [0.4, 0.5) is 5.69 Å². The number of aromatic nitrogens is 1. The number of ether oxygens (including phenoxy) is 2. The zero-order chi connectivity index (χ0) is 24.5. The number of nitrogens with one attached hydrogen (secondary N) is 1. The Morgan fingerprint density at radius 3 is 2.51 bits per heavy atom. The van der Waals surface area contributed by atoms with E-state index in [-0.39, 0.29) is 5.97 Å². The number of para-hydroxylation sites is 1. The van der Waals surface area contributed by atoms with Crippen LogP contribution in [0.25, 0.3) is 23.1 Å². The maximum absolute atomic E-state index is 12.2. The van der Waals surface area contributed by atoms with Gasteiger partial charge in [0.15, 0.2) is 0 Å². The highest BCUT2D eigenvalue weighted by Gasteiger charge is 2.17. The van der Waals surface area contributed by atoms with Crippen LogP contribution in [0.5, 0.6) is 5.75 Å². The number of nitrogens with zero attached hydrogens (tertiary/aromatic N) is 1. The molecule has 184 valence electrons. The van der Waals surface area contributed by atoms with Crippen LogP contribution in [0.3, 0.4) is 0 Å². The van der Waals surface area contributed by atoms with E-state index < -0.39 is 0 Å². The normalized spacial score (nSPS) is 12.4. The maximum atomic E-state index is 12.2. The van der Waals surface area contributed by atoms with Crippen molar-refractivity contribution in [3.8, 4) is 5.75 Å². The Kier molecular flexibility index (Phi) is 8.77. The molecule has 0 spiro atoms. The van der Waals surface area contributed by atoms with Crippen LogP contribution in [0.15, 0.2) is 42.5 Å². The number of carbonyl (C=O) groups excluding carboxylic acids is 1. The molecule has 0 amide bonds. The molecule has 5 nitrogen and oxygen atoms in total. The number of benzene rings is 2. The molecular weight excluding hydrogens is 436 g/mol. The quantitative estimate of drug-likeness (QED) is 0.283. The lowest BCUT2D eigenvalue weighted by Gasteiger charge is -2.13. The number of hydrogen-bond donors (Lipinski definition) is 1. The van der Waals surface area contributed by atoms with Gasteiger partial charge in [-0.15, -0.1) is 0 Å². The summed E-state index contributed by atoms with van der Waals surface area (Å²) < 4.78 is 10.3. The van der Waals surface area contributed by atoms with Crippen LogP contribution in [0, 0.1) is 0 Å². The standard InChI is InChI=1S/C30H36N2O3/c1-34-27-20-13-15-22(28(27)30(33)35-2)14-7-5-3-4-6-12-21-31-29-23-16-8-10-18-25(23)32-26-19-11-9-17-24(26)29/h8,10,13,15-20,31H,3-7,9,11-12,14,21H2,1-2H3. The van der Waals surface area contributed by atoms with Crippen LogP contribution in [-0.2, 0) is 11.2 Å². The van der Waals surface area contributed by atoms with Gasteiger partial charge in [0.25, 0.3) is 0 Å². The Balaban J connectivity index is 1.22. The Morgan fingerprint density at radius 1 is 0.914 bits per heavy atom. The number of fused-ring (bicyclic) bond motifs is 2. The summed E-state index contributed by atoms with van der Waals surface area (Å²) in [4.78, 5) is 17.0. The molecule has 0 atom stereocenters. The number of rotatable bonds is 12. The van der Waals surface area contributed by atoms with Crippen molar-refractivity contribution in [3.63, 3.8) is 0 Å². The van der Waals surface area contributed by atoms with Crippen molar-refractivity contribution < 1.29 is 14.3 Å². The highest BCUT2D eigenvalue weighted by molar-refractivity contribution is 5.94. The Labute approximate surface area is 207 Å². The monoisotopic (exact) mass is 472 g/mol. The van der Waals surface area contributed by atoms with Crippen LogP contribution in [0.1, 0.15) is 67.3 Å². The minimum absolute atomic E-state index is 0.330. The van der Waals surface area contributed by atoms with E-state index in [1.54, 1.807) is 7.11 Å². The molecule has 1 heterocycles. The van der Waals surface area contributed by atoms with E-state index in [4.69, 9.17) is 14.5 Å². The lowest BCUT2D eigenvalue weighted by molar-refractivity contribution is 0.0595. The van der Waals surface area contributed by atoms with Crippen LogP contribution >= 0.6 is 0 Å². The van der Waals surface area contributed by atoms with E-state index in [9.17, 15) is 4.79 Å². The fourth-order valence-electron chi connectivity index (χ4n) is 4.90. The topological polar surface area (TPSA) is 60.5 Å². The molecule has 1 N–H and O–H groups in total. The zero-order valence-electron chi connectivity index (χ0n) is 20.9. The number of pyridine rings is 1. The van der Waals surface area contributed by atoms with Crippen molar-refractivity contribution in [2.24, 2.45) is 0 Å². The third-order valence-corrected chi connectivity index (χ3v) is 6.71. The van der Waals surface area contributed by atoms with Crippen LogP contribution in [0.2, 0.25) is 0 Å². The lowest BCUT2D eigenvalue weighted by atomic mass is 9.99. The number of unbranched alkanes of at least 4 members (excludes halogenated alkanes) is 5. The molecule has 0 saturated heterocycles. The summed E-state index contributed by atoms with van der Waals surface area (Å²) in [7, 11) is 3.00. The smallest absolute Gasteiger partial charge is 0.341 e. The molecule has 4 rings (SSSR count). The molecule has 0 bridgehead atoms. The molecule has 0 saturated carbocycles. The second-order valence-electron chi connectivity index (χ2n) is 9.07. The van der Waals surface area contributed by atoms with Gasteiger partial charge in [0.1, 0.15) is 11.3 Å². The summed E-state index contributed by atoms with van der Waals surface area (Å²) in [5, 5.41) is 7.31. The largest absolute Gasteiger partial charge is 0.496 e. The summed E-state index contributed by atoms with van der Waals surface area (Å²) in [5.74, 6) is 0.254. The fourth-order valence-corrected chi connectivity index (χ4v) is 4.90. The van der Waals surface area contributed by atoms with E-state index in [0.29, 0.717) is 11.3 Å². The lowest BCUT2D eigenvalue weighted by Crippen LogP contribution is -2.33. The van der Waals surface area contributed by atoms with Gasteiger partial charge in [0, 0.05) is 17.1 Å². The van der Waals surface area contributed by atoms with Crippen molar-refractivity contribution in [2.75, 3.05) is 26.1 Å². The fraction of sp³-hybridized carbons (Fsp3) is 0.400. The number of aryl methyl sites for hydroxylation is 1. The van der Waals surface area contributed by atoms with Crippen molar-refractivity contribution in [1.29, 1.82) is 0 Å². The first-order chi connectivity index (χ1) is 17.2. The molecule has 1 aliphatic carbocycles. The summed E-state index contributed by atoms with van der Waals surface area (Å²) in [6, 6.07) is 14.2. The van der Waals surface area contributed by atoms with Crippen molar-refractivity contribution >= 4 is 34.7 Å². The molecular formula is C30H36N2O3. The van der Waals surface area contributed by atoms with E-state index in [1.807, 2.05) is 18.2 Å². The van der Waals surface area contributed by atoms with Crippen molar-refractivity contribution in [3.05, 3.63) is 64.2 Å². The number of anilines is 1. The SMILES string of the molecule is COC(=O)c1c(CCCCCCCCNc2c3c(nc4ccccc24)=CCCC=3)cccc1OC. The zero-order valence-corrected chi connectivity index (χ0v) is 20.9. The van der Waals surface area contributed by atoms with Gasteiger partial charge in [0.05, 0.1) is 30.8 Å². The van der Waals surface area contributed by atoms with Crippen LogP contribution < -0.4 is 20.6 Å². The van der Waals surface area contributed by atoms with Gasteiger partial charge in [-0.05, 0) is 49.8 Å². The number of esters is 1. The van der Waals surface area contributed by atoms with Gasteiger partial charge in [-0.25, -0.2) is 9.78 Å². The molecule has 0 aliphatic heterocycles. The Morgan fingerprint density at radius 2 is 1.69 bits per heavy atom. The van der Waals surface area contributed by atoms with Gasteiger partial charge in [0.2, 0.25) is 0 Å². The van der Waals surface area contributed by atoms with Crippen LogP contribution in [-0.4, -0.2) is 31.7 Å². The van der Waals surface area contributed by atoms with Gasteiger partial charge in [-0.2, -0.15) is 0 Å². The first-order valence-electron chi connectivity index (χ1n) is 12.8. The highest BCUT2D eigenvalue weighted by Crippen LogP contribution is 2.25. The average Bonchev–Trinajstić information content (AvgIpc) is 2.90. The van der Waals surface area contributed by atoms with E-state index in [1.165, 1.54) is 42.7 Å². The maximum Gasteiger partial charge on any atom is 0.341 e. The molecule has 1 aliphatic rings. The molecule has 0 fully saturated rings. The molecule has 35 heavy (non-hydrogen) atoms. The molecule has 1 aromatic heterocycles. The van der Waals surface area contributed by atoms with E-state index >= 15 is 0 Å². The minimum atomic E-state index is -0.330. The predicted molar refractivity (Wildman–Crippen MR) is 143 cm³/mol. The second kappa shape index (κ2) is 12.4. The summed E-state index contributed by atoms with van der Waals surface area (Å²) in [5.41, 5.74) is 3.86. The second-order valence-corrected chi connectivity index (χ2v) is 9.07. The van der Waals surface area contributed by atoms with Gasteiger partial charge in [-0.3, -0.25) is 0 Å². The number of methoxy groups -OCH3 is 2. The molecule has 5 heteroatoms. The van der Waals surface area contributed by atoms with Crippen molar-refractivity contribution in [1.82, 2.24) is 4.98 Å². The Bertz CT molecular complexity index is 1280. The van der Waals surface area contributed by atoms with E-state index in [0.717, 1.165) is 61.5 Å². The summed E-state index contributed by atoms with van der Waals surface area (Å²) >= 11 is 0. The minimum Gasteiger partial charge on any atom is -0.496 e. The molecule has 0 radical (unpaired) electrons. The molecule has 3 aromatic rings. The number of hydrogen-bond acceptors (Lipinski definition) is 5. The first kappa shape index (κ1) is 24.8.